The van der Waals surface area contributed by atoms with E-state index >= 15 is 0 Å². The van der Waals surface area contributed by atoms with Gasteiger partial charge in [0.25, 0.3) is 0 Å². The molecule has 1 aromatic rings. The van der Waals surface area contributed by atoms with Crippen molar-refractivity contribution in [1.29, 1.82) is 0 Å². The second-order valence-electron chi connectivity index (χ2n) is 4.88. The molecule has 1 rings (SSSR count). The highest BCUT2D eigenvalue weighted by Gasteiger charge is 2.26. The van der Waals surface area contributed by atoms with E-state index in [2.05, 4.69) is 10.6 Å². The normalized spacial score (nSPS) is 10.9. The van der Waals surface area contributed by atoms with Crippen LogP contribution in [0.1, 0.15) is 19.4 Å². The Balaban J connectivity index is 2.79. The molecule has 4 N–H and O–H groups in total. The van der Waals surface area contributed by atoms with Gasteiger partial charge in [-0.2, -0.15) is 0 Å². The molecular weight excluding hydrogens is 282 g/mol. The van der Waals surface area contributed by atoms with Crippen molar-refractivity contribution in [3.8, 4) is 0 Å². The number of rotatable bonds is 5. The van der Waals surface area contributed by atoms with Gasteiger partial charge in [-0.3, -0.25) is 4.79 Å². The molecule has 0 fully saturated rings. The number of thiocarbonyl (C=S) groups is 1. The van der Waals surface area contributed by atoms with Crippen LogP contribution in [-0.4, -0.2) is 24.5 Å². The summed E-state index contributed by atoms with van der Waals surface area (Å²) in [6.07, 6.45) is 0. The third-order valence-electron chi connectivity index (χ3n) is 2.82. The number of carbonyl (C=O) groups is 1. The molecule has 0 unspecified atom stereocenters. The van der Waals surface area contributed by atoms with Crippen molar-refractivity contribution < 1.29 is 4.79 Å². The molecule has 0 aliphatic heterocycles. The number of halogens is 1. The first-order valence-electron chi connectivity index (χ1n) is 5.83. The van der Waals surface area contributed by atoms with Crippen molar-refractivity contribution in [2.45, 2.75) is 13.8 Å². The third kappa shape index (κ3) is 4.08. The molecule has 0 saturated carbocycles. The van der Waals surface area contributed by atoms with Crippen LogP contribution in [0, 0.1) is 5.41 Å². The molecule has 0 atom stereocenters. The maximum Gasteiger partial charge on any atom is 0.227 e. The van der Waals surface area contributed by atoms with E-state index in [9.17, 15) is 4.79 Å². The van der Waals surface area contributed by atoms with Crippen LogP contribution < -0.4 is 16.4 Å². The van der Waals surface area contributed by atoms with Crippen molar-refractivity contribution in [2.75, 3.05) is 18.9 Å². The van der Waals surface area contributed by atoms with Crippen LogP contribution in [-0.2, 0) is 4.79 Å². The van der Waals surface area contributed by atoms with Crippen molar-refractivity contribution in [1.82, 2.24) is 5.32 Å². The zero-order chi connectivity index (χ0) is 14.6. The van der Waals surface area contributed by atoms with E-state index in [0.717, 1.165) is 11.3 Å². The summed E-state index contributed by atoms with van der Waals surface area (Å²) in [4.78, 5) is 12.0. The van der Waals surface area contributed by atoms with Crippen LogP contribution in [0.15, 0.2) is 18.2 Å². The maximum atomic E-state index is 11.7. The van der Waals surface area contributed by atoms with Gasteiger partial charge in [0.15, 0.2) is 0 Å². The standard InChI is InChI=1S/C13H18ClN3OS/c1-13(2,12(18)16-3)7-17-10-5-4-8(11(15)19)6-9(10)14/h4-6,17H,7H2,1-3H3,(H2,15,19)(H,16,18). The minimum absolute atomic E-state index is 0.0316. The van der Waals surface area contributed by atoms with Crippen LogP contribution in [0.25, 0.3) is 0 Å². The fourth-order valence-electron chi connectivity index (χ4n) is 1.55. The SMILES string of the molecule is CNC(=O)C(C)(C)CNc1ccc(C(N)=S)cc1Cl. The average molecular weight is 300 g/mol. The van der Waals surface area contributed by atoms with Gasteiger partial charge in [-0.1, -0.05) is 23.8 Å². The Labute approximate surface area is 123 Å². The van der Waals surface area contributed by atoms with Gasteiger partial charge in [-0.05, 0) is 32.0 Å². The molecule has 0 aliphatic carbocycles. The van der Waals surface area contributed by atoms with Gasteiger partial charge >= 0.3 is 0 Å². The van der Waals surface area contributed by atoms with Crippen molar-refractivity contribution in [3.63, 3.8) is 0 Å². The lowest BCUT2D eigenvalue weighted by Crippen LogP contribution is -2.39. The lowest BCUT2D eigenvalue weighted by atomic mass is 9.92. The number of amides is 1. The largest absolute Gasteiger partial charge is 0.389 e. The molecule has 104 valence electrons. The first kappa shape index (κ1) is 15.7. The maximum absolute atomic E-state index is 11.7. The van der Waals surface area contributed by atoms with Crippen molar-refractivity contribution >= 4 is 40.4 Å². The lowest BCUT2D eigenvalue weighted by Gasteiger charge is -2.23. The van der Waals surface area contributed by atoms with Gasteiger partial charge in [0.05, 0.1) is 16.1 Å². The Morgan fingerprint density at radius 1 is 1.47 bits per heavy atom. The molecule has 0 saturated heterocycles. The zero-order valence-electron chi connectivity index (χ0n) is 11.2. The molecule has 4 nitrogen and oxygen atoms in total. The number of hydrogen-bond donors (Lipinski definition) is 3. The molecule has 0 bridgehead atoms. The summed E-state index contributed by atoms with van der Waals surface area (Å²) >= 11 is 11.0. The van der Waals surface area contributed by atoms with Crippen LogP contribution in [0.3, 0.4) is 0 Å². The summed E-state index contributed by atoms with van der Waals surface area (Å²) in [6.45, 7) is 4.19. The van der Waals surface area contributed by atoms with Gasteiger partial charge < -0.3 is 16.4 Å². The van der Waals surface area contributed by atoms with Gasteiger partial charge in [0.2, 0.25) is 5.91 Å². The second kappa shape index (κ2) is 6.21. The molecular formula is C13H18ClN3OS. The summed E-state index contributed by atoms with van der Waals surface area (Å²) < 4.78 is 0. The number of hydrogen-bond acceptors (Lipinski definition) is 3. The Morgan fingerprint density at radius 3 is 2.58 bits per heavy atom. The first-order valence-corrected chi connectivity index (χ1v) is 6.62. The molecule has 0 aromatic heterocycles. The van der Waals surface area contributed by atoms with E-state index in [0.29, 0.717) is 16.6 Å². The zero-order valence-corrected chi connectivity index (χ0v) is 12.8. The van der Waals surface area contributed by atoms with Crippen LogP contribution >= 0.6 is 23.8 Å². The predicted molar refractivity (Wildman–Crippen MR) is 83.7 cm³/mol. The molecule has 0 aliphatic rings. The van der Waals surface area contributed by atoms with Crippen molar-refractivity contribution in [3.05, 3.63) is 28.8 Å². The Hall–Kier alpha value is -1.33. The fraction of sp³-hybridized carbons (Fsp3) is 0.385. The smallest absolute Gasteiger partial charge is 0.227 e. The molecule has 6 heteroatoms. The third-order valence-corrected chi connectivity index (χ3v) is 3.36. The Kier molecular flexibility index (Phi) is 5.14. The number of carbonyl (C=O) groups excluding carboxylic acids is 1. The summed E-state index contributed by atoms with van der Waals surface area (Å²) in [5.74, 6) is -0.0316. The highest BCUT2D eigenvalue weighted by molar-refractivity contribution is 7.80. The lowest BCUT2D eigenvalue weighted by molar-refractivity contribution is -0.128. The summed E-state index contributed by atoms with van der Waals surface area (Å²) in [5, 5.41) is 6.32. The monoisotopic (exact) mass is 299 g/mol. The summed E-state index contributed by atoms with van der Waals surface area (Å²) in [6, 6.07) is 5.30. The predicted octanol–water partition coefficient (Wildman–Crippen LogP) is 2.16. The van der Waals surface area contributed by atoms with Crippen LogP contribution in [0.4, 0.5) is 5.69 Å². The second-order valence-corrected chi connectivity index (χ2v) is 5.72. The molecule has 0 spiro atoms. The van der Waals surface area contributed by atoms with Gasteiger partial charge in [0, 0.05) is 19.2 Å². The van der Waals surface area contributed by atoms with E-state index < -0.39 is 5.41 Å². The average Bonchev–Trinajstić information content (AvgIpc) is 2.36. The molecule has 19 heavy (non-hydrogen) atoms. The highest BCUT2D eigenvalue weighted by Crippen LogP contribution is 2.25. The van der Waals surface area contributed by atoms with Crippen LogP contribution in [0.2, 0.25) is 5.02 Å². The molecule has 1 aromatic carbocycles. The summed E-state index contributed by atoms with van der Waals surface area (Å²) in [5.41, 5.74) is 6.47. The molecule has 1 amide bonds. The van der Waals surface area contributed by atoms with E-state index in [-0.39, 0.29) is 5.91 Å². The van der Waals surface area contributed by atoms with Gasteiger partial charge in [-0.15, -0.1) is 0 Å². The minimum atomic E-state index is -0.528. The number of nitrogens with one attached hydrogen (secondary N) is 2. The highest BCUT2D eigenvalue weighted by atomic mass is 35.5. The number of nitrogens with two attached hydrogens (primary N) is 1. The van der Waals surface area contributed by atoms with E-state index in [1.54, 1.807) is 25.2 Å². The Bertz CT molecular complexity index is 503. The summed E-state index contributed by atoms with van der Waals surface area (Å²) in [7, 11) is 1.62. The van der Waals surface area contributed by atoms with Gasteiger partial charge in [-0.25, -0.2) is 0 Å². The number of benzene rings is 1. The molecule has 0 radical (unpaired) electrons. The van der Waals surface area contributed by atoms with Gasteiger partial charge in [0.1, 0.15) is 4.99 Å². The van der Waals surface area contributed by atoms with E-state index in [1.807, 2.05) is 13.8 Å². The molecule has 0 heterocycles. The fourth-order valence-corrected chi connectivity index (χ4v) is 1.92. The quantitative estimate of drug-likeness (QED) is 0.729. The Morgan fingerprint density at radius 2 is 2.11 bits per heavy atom. The van der Waals surface area contributed by atoms with E-state index in [4.69, 9.17) is 29.6 Å². The van der Waals surface area contributed by atoms with Crippen LogP contribution in [0.5, 0.6) is 0 Å². The number of anilines is 1. The first-order chi connectivity index (χ1) is 8.77. The topological polar surface area (TPSA) is 67.2 Å². The van der Waals surface area contributed by atoms with E-state index in [1.165, 1.54) is 0 Å². The van der Waals surface area contributed by atoms with Crippen molar-refractivity contribution in [2.24, 2.45) is 11.1 Å². The minimum Gasteiger partial charge on any atom is -0.389 e.